The third-order valence-electron chi connectivity index (χ3n) is 4.81. The van der Waals surface area contributed by atoms with Crippen LogP contribution in [0.5, 0.6) is 0 Å². The molecule has 13 heavy (non-hydrogen) atoms. The topological polar surface area (TPSA) is 0 Å². The van der Waals surface area contributed by atoms with Gasteiger partial charge in [0.1, 0.15) is 0 Å². The zero-order valence-electron chi connectivity index (χ0n) is 8.00. The predicted molar refractivity (Wildman–Crippen MR) is 53.2 cm³/mol. The van der Waals surface area contributed by atoms with E-state index in [2.05, 4.69) is 12.2 Å². The van der Waals surface area contributed by atoms with Crippen molar-refractivity contribution in [3.8, 4) is 0 Å². The van der Waals surface area contributed by atoms with E-state index in [1.165, 1.54) is 32.1 Å². The van der Waals surface area contributed by atoms with Crippen LogP contribution >= 0.6 is 0 Å². The van der Waals surface area contributed by atoms with Gasteiger partial charge in [0.15, 0.2) is 0 Å². The van der Waals surface area contributed by atoms with Crippen molar-refractivity contribution in [3.63, 3.8) is 0 Å². The van der Waals surface area contributed by atoms with Gasteiger partial charge in [0.05, 0.1) is 0 Å². The van der Waals surface area contributed by atoms with Crippen LogP contribution in [0.25, 0.3) is 0 Å². The lowest BCUT2D eigenvalue weighted by Crippen LogP contribution is -2.25. The van der Waals surface area contributed by atoms with Crippen LogP contribution in [0, 0.1) is 23.7 Å². The van der Waals surface area contributed by atoms with Crippen molar-refractivity contribution >= 4 is 0 Å². The molecule has 4 atom stereocenters. The summed E-state index contributed by atoms with van der Waals surface area (Å²) in [5, 5.41) is 0. The molecule has 1 saturated carbocycles. The van der Waals surface area contributed by atoms with Crippen molar-refractivity contribution in [1.82, 2.24) is 0 Å². The van der Waals surface area contributed by atoms with Crippen LogP contribution in [-0.4, -0.2) is 0 Å². The number of fused-ring (bicyclic) bond motifs is 3. The van der Waals surface area contributed by atoms with Crippen molar-refractivity contribution in [2.24, 2.45) is 23.7 Å². The third kappa shape index (κ3) is 0.697. The molecule has 0 unspecified atom stereocenters. The van der Waals surface area contributed by atoms with E-state index in [0.29, 0.717) is 0 Å². The van der Waals surface area contributed by atoms with Crippen LogP contribution in [0.15, 0.2) is 23.3 Å². The van der Waals surface area contributed by atoms with Gasteiger partial charge in [-0.15, -0.1) is 0 Å². The lowest BCUT2D eigenvalue weighted by atomic mass is 9.67. The highest BCUT2D eigenvalue weighted by Crippen LogP contribution is 2.59. The smallest absolute Gasteiger partial charge is 0.00170 e. The maximum atomic E-state index is 2.51. The summed E-state index contributed by atoms with van der Waals surface area (Å²) in [6, 6.07) is 0. The zero-order valence-corrected chi connectivity index (χ0v) is 8.00. The molecule has 0 spiro atoms. The number of hydrogen-bond acceptors (Lipinski definition) is 0. The lowest BCUT2D eigenvalue weighted by molar-refractivity contribution is 0.418. The quantitative estimate of drug-likeness (QED) is 0.492. The van der Waals surface area contributed by atoms with Crippen molar-refractivity contribution in [2.75, 3.05) is 0 Å². The Bertz CT molecular complexity index is 291. The molecule has 0 aromatic rings. The minimum atomic E-state index is 0.885. The van der Waals surface area contributed by atoms with Gasteiger partial charge in [0, 0.05) is 0 Å². The number of rotatable bonds is 0. The van der Waals surface area contributed by atoms with Crippen LogP contribution < -0.4 is 0 Å². The molecule has 5 aliphatic carbocycles. The molecular formula is C13H16. The first-order valence-electron chi connectivity index (χ1n) is 5.85. The minimum Gasteiger partial charge on any atom is -0.0807 e. The van der Waals surface area contributed by atoms with Gasteiger partial charge in [-0.3, -0.25) is 0 Å². The van der Waals surface area contributed by atoms with E-state index in [9.17, 15) is 0 Å². The predicted octanol–water partition coefficient (Wildman–Crippen LogP) is 3.31. The molecule has 0 amide bonds. The maximum absolute atomic E-state index is 2.51. The Morgan fingerprint density at radius 2 is 1.31 bits per heavy atom. The Labute approximate surface area is 79.7 Å². The summed E-state index contributed by atoms with van der Waals surface area (Å²) in [4.78, 5) is 0. The maximum Gasteiger partial charge on any atom is -0.00170 e. The molecule has 1 fully saturated rings. The number of hydrogen-bond donors (Lipinski definition) is 0. The second-order valence-corrected chi connectivity index (χ2v) is 5.29. The molecule has 0 aromatic carbocycles. The Hall–Kier alpha value is -0.520. The van der Waals surface area contributed by atoms with Gasteiger partial charge >= 0.3 is 0 Å². The van der Waals surface area contributed by atoms with Crippen molar-refractivity contribution in [3.05, 3.63) is 23.3 Å². The Balaban J connectivity index is 1.90. The van der Waals surface area contributed by atoms with E-state index < -0.39 is 0 Å². The highest BCUT2D eigenvalue weighted by atomic mass is 14.5. The molecule has 5 aliphatic rings. The molecule has 0 nitrogen and oxygen atoms in total. The molecule has 0 heteroatoms. The Morgan fingerprint density at radius 3 is 1.77 bits per heavy atom. The molecule has 68 valence electrons. The minimum absolute atomic E-state index is 0.885. The van der Waals surface area contributed by atoms with Gasteiger partial charge < -0.3 is 0 Å². The average molecular weight is 172 g/mol. The van der Waals surface area contributed by atoms with Crippen LogP contribution in [0.3, 0.4) is 0 Å². The van der Waals surface area contributed by atoms with E-state index in [1.54, 1.807) is 0 Å². The zero-order chi connectivity index (χ0) is 8.41. The summed E-state index contributed by atoms with van der Waals surface area (Å²) in [6.45, 7) is 0. The van der Waals surface area contributed by atoms with E-state index in [4.69, 9.17) is 0 Å². The summed E-state index contributed by atoms with van der Waals surface area (Å²) in [5.41, 5.74) is 3.85. The summed E-state index contributed by atoms with van der Waals surface area (Å²) in [6.07, 6.45) is 12.5. The molecule has 5 rings (SSSR count). The largest absolute Gasteiger partial charge is 0.0807 e. The van der Waals surface area contributed by atoms with E-state index >= 15 is 0 Å². The fourth-order valence-corrected chi connectivity index (χ4v) is 4.39. The van der Waals surface area contributed by atoms with Crippen molar-refractivity contribution in [2.45, 2.75) is 32.1 Å². The first-order valence-corrected chi connectivity index (χ1v) is 5.85. The Kier molecular flexibility index (Phi) is 1.11. The summed E-state index contributed by atoms with van der Waals surface area (Å²) in [7, 11) is 0. The van der Waals surface area contributed by atoms with Crippen LogP contribution in [0.2, 0.25) is 0 Å². The molecule has 0 radical (unpaired) electrons. The summed E-state index contributed by atoms with van der Waals surface area (Å²) < 4.78 is 0. The van der Waals surface area contributed by atoms with Gasteiger partial charge in [-0.1, -0.05) is 23.3 Å². The van der Waals surface area contributed by atoms with Crippen molar-refractivity contribution < 1.29 is 0 Å². The second kappa shape index (κ2) is 2.10. The van der Waals surface area contributed by atoms with Crippen LogP contribution in [-0.2, 0) is 0 Å². The van der Waals surface area contributed by atoms with Crippen LogP contribution in [0.1, 0.15) is 32.1 Å². The first-order chi connectivity index (χ1) is 6.43. The van der Waals surface area contributed by atoms with E-state index in [1.807, 2.05) is 11.1 Å². The Morgan fingerprint density at radius 1 is 0.769 bits per heavy atom. The molecule has 0 aromatic heterocycles. The van der Waals surface area contributed by atoms with Crippen molar-refractivity contribution in [1.29, 1.82) is 0 Å². The van der Waals surface area contributed by atoms with Gasteiger partial charge in [-0.2, -0.15) is 0 Å². The van der Waals surface area contributed by atoms with Gasteiger partial charge in [0.25, 0.3) is 0 Å². The van der Waals surface area contributed by atoms with Gasteiger partial charge in [-0.25, -0.2) is 0 Å². The van der Waals surface area contributed by atoms with E-state index in [-0.39, 0.29) is 0 Å². The van der Waals surface area contributed by atoms with Gasteiger partial charge in [-0.05, 0) is 55.8 Å². The standard InChI is InChI=1S/C13H16/c1-2-9-4-3-8(1)12-10-5-6-11(7-10)13(9)12/h1-2,8-11H,3-7H2/t8-,9+,10+,11-. The molecular weight excluding hydrogens is 156 g/mol. The van der Waals surface area contributed by atoms with Gasteiger partial charge in [0.2, 0.25) is 0 Å². The summed E-state index contributed by atoms with van der Waals surface area (Å²) in [5.74, 6) is 3.82. The SMILES string of the molecule is C1=C[C@H]2CC[C@@H]1C1=C2[C@@H]2CC[C@H]1C2. The highest BCUT2D eigenvalue weighted by Gasteiger charge is 2.46. The second-order valence-electron chi connectivity index (χ2n) is 5.29. The molecule has 4 bridgehead atoms. The summed E-state index contributed by atoms with van der Waals surface area (Å²) >= 11 is 0. The van der Waals surface area contributed by atoms with E-state index in [0.717, 1.165) is 23.7 Å². The molecule has 0 saturated heterocycles. The highest BCUT2D eigenvalue weighted by molar-refractivity contribution is 5.42. The number of allylic oxidation sites excluding steroid dienone is 4. The monoisotopic (exact) mass is 172 g/mol. The normalized spacial score (nSPS) is 50.5. The molecule has 0 N–H and O–H groups in total. The fraction of sp³-hybridized carbons (Fsp3) is 0.692. The third-order valence-corrected chi connectivity index (χ3v) is 4.81. The average Bonchev–Trinajstić information content (AvgIpc) is 2.80. The van der Waals surface area contributed by atoms with Crippen LogP contribution in [0.4, 0.5) is 0 Å². The molecule has 0 aliphatic heterocycles. The first kappa shape index (κ1) is 6.86. The lowest BCUT2D eigenvalue weighted by Gasteiger charge is -2.38. The molecule has 0 heterocycles. The fourth-order valence-electron chi connectivity index (χ4n) is 4.39.